The van der Waals surface area contributed by atoms with Crippen LogP contribution in [0.25, 0.3) is 0 Å². The highest BCUT2D eigenvalue weighted by Crippen LogP contribution is 2.34. The van der Waals surface area contributed by atoms with Gasteiger partial charge >= 0.3 is 0 Å². The third-order valence-corrected chi connectivity index (χ3v) is 5.73. The van der Waals surface area contributed by atoms with Crippen molar-refractivity contribution in [2.75, 3.05) is 36.6 Å². The predicted octanol–water partition coefficient (Wildman–Crippen LogP) is 4.82. The Morgan fingerprint density at radius 2 is 1.77 bits per heavy atom. The van der Waals surface area contributed by atoms with Gasteiger partial charge in [0.15, 0.2) is 13.2 Å². The number of hydrogen-bond donors (Lipinski definition) is 1. The second-order valence-electron chi connectivity index (χ2n) is 8.59. The van der Waals surface area contributed by atoms with Gasteiger partial charge in [-0.25, -0.2) is 0 Å². The first-order chi connectivity index (χ1) is 16.9. The summed E-state index contributed by atoms with van der Waals surface area (Å²) in [6.07, 6.45) is 0.652. The molecule has 35 heavy (non-hydrogen) atoms. The monoisotopic (exact) mass is 474 g/mol. The molecule has 1 heterocycles. The molecule has 0 fully saturated rings. The molecule has 0 radical (unpaired) electrons. The second kappa shape index (κ2) is 11.0. The van der Waals surface area contributed by atoms with Crippen molar-refractivity contribution >= 4 is 23.2 Å². The molecule has 3 aromatic carbocycles. The van der Waals surface area contributed by atoms with Crippen molar-refractivity contribution < 1.29 is 23.8 Å². The minimum atomic E-state index is -0.284. The highest BCUT2D eigenvalue weighted by atomic mass is 16.5. The number of carbonyl (C=O) groups is 2. The first kappa shape index (κ1) is 24.1. The molecule has 7 nitrogen and oxygen atoms in total. The number of nitrogens with zero attached hydrogens (tertiary/aromatic N) is 1. The summed E-state index contributed by atoms with van der Waals surface area (Å²) in [4.78, 5) is 26.8. The van der Waals surface area contributed by atoms with E-state index in [0.717, 1.165) is 22.4 Å². The van der Waals surface area contributed by atoms with E-state index in [1.165, 1.54) is 0 Å². The van der Waals surface area contributed by atoms with E-state index in [0.29, 0.717) is 42.4 Å². The van der Waals surface area contributed by atoms with Gasteiger partial charge < -0.3 is 24.4 Å². The summed E-state index contributed by atoms with van der Waals surface area (Å²) in [7, 11) is 0. The van der Waals surface area contributed by atoms with Crippen LogP contribution in [-0.4, -0.2) is 38.2 Å². The van der Waals surface area contributed by atoms with E-state index in [4.69, 9.17) is 14.2 Å². The van der Waals surface area contributed by atoms with Crippen molar-refractivity contribution in [3.05, 3.63) is 77.4 Å². The molecule has 182 valence electrons. The lowest BCUT2D eigenvalue weighted by Gasteiger charge is -2.30. The molecule has 7 heteroatoms. The number of rotatable bonds is 9. The molecule has 0 bridgehead atoms. The fraction of sp³-hybridized carbons (Fsp3) is 0.286. The van der Waals surface area contributed by atoms with Crippen molar-refractivity contribution in [1.82, 2.24) is 0 Å². The van der Waals surface area contributed by atoms with Crippen LogP contribution in [-0.2, 0) is 9.59 Å². The maximum atomic E-state index is 12.6. The van der Waals surface area contributed by atoms with E-state index >= 15 is 0 Å². The Kier molecular flexibility index (Phi) is 7.55. The van der Waals surface area contributed by atoms with Crippen molar-refractivity contribution in [3.8, 4) is 17.2 Å². The predicted molar refractivity (Wildman–Crippen MR) is 136 cm³/mol. The van der Waals surface area contributed by atoms with Crippen LogP contribution in [0.4, 0.5) is 11.4 Å². The molecule has 0 aromatic heterocycles. The number of para-hydroxylation sites is 1. The molecular formula is C28H30N2O5. The highest BCUT2D eigenvalue weighted by molar-refractivity contribution is 5.99. The Balaban J connectivity index is 1.36. The summed E-state index contributed by atoms with van der Waals surface area (Å²) in [5, 5.41) is 2.85. The van der Waals surface area contributed by atoms with Gasteiger partial charge in [-0.3, -0.25) is 9.59 Å². The minimum absolute atomic E-state index is 0.0128. The first-order valence-corrected chi connectivity index (χ1v) is 11.7. The van der Waals surface area contributed by atoms with Crippen molar-refractivity contribution in [2.45, 2.75) is 27.2 Å². The number of aryl methyl sites for hydroxylation is 3. The van der Waals surface area contributed by atoms with Crippen molar-refractivity contribution in [3.63, 3.8) is 0 Å². The van der Waals surface area contributed by atoms with E-state index < -0.39 is 0 Å². The molecule has 0 saturated carbocycles. The minimum Gasteiger partial charge on any atom is -0.494 e. The lowest BCUT2D eigenvalue weighted by molar-refractivity contribution is -0.121. The van der Waals surface area contributed by atoms with Gasteiger partial charge in [-0.05, 0) is 74.2 Å². The number of ether oxygens (including phenoxy) is 3. The average molecular weight is 475 g/mol. The number of hydrogen-bond acceptors (Lipinski definition) is 5. The van der Waals surface area contributed by atoms with Gasteiger partial charge in [0, 0.05) is 12.2 Å². The third-order valence-electron chi connectivity index (χ3n) is 5.73. The SMILES string of the molecule is Cc1cccc(OCCCN2C(=O)COc3ccc(NC(=O)COc4c(C)cccc4C)cc32)c1. The van der Waals surface area contributed by atoms with Crippen LogP contribution in [0, 0.1) is 20.8 Å². The maximum absolute atomic E-state index is 12.6. The van der Waals surface area contributed by atoms with Crippen LogP contribution in [0.3, 0.4) is 0 Å². The molecule has 4 rings (SSSR count). The summed E-state index contributed by atoms with van der Waals surface area (Å²) in [5.41, 5.74) is 4.28. The van der Waals surface area contributed by atoms with Gasteiger partial charge in [-0.15, -0.1) is 0 Å². The summed E-state index contributed by atoms with van der Waals surface area (Å²) < 4.78 is 17.2. The fourth-order valence-electron chi connectivity index (χ4n) is 4.00. The quantitative estimate of drug-likeness (QED) is 0.450. The molecule has 0 unspecified atom stereocenters. The number of anilines is 2. The summed E-state index contributed by atoms with van der Waals surface area (Å²) in [5.74, 6) is 1.72. The van der Waals surface area contributed by atoms with E-state index in [9.17, 15) is 9.59 Å². The number of benzene rings is 3. The van der Waals surface area contributed by atoms with Gasteiger partial charge in [-0.2, -0.15) is 0 Å². The van der Waals surface area contributed by atoms with Crippen molar-refractivity contribution in [2.24, 2.45) is 0 Å². The zero-order valence-corrected chi connectivity index (χ0v) is 20.3. The van der Waals surface area contributed by atoms with E-state index in [2.05, 4.69) is 5.32 Å². The molecule has 0 atom stereocenters. The van der Waals surface area contributed by atoms with Gasteiger partial charge in [0.25, 0.3) is 11.8 Å². The molecule has 0 saturated heterocycles. The van der Waals surface area contributed by atoms with Gasteiger partial charge in [0.2, 0.25) is 0 Å². The lowest BCUT2D eigenvalue weighted by Crippen LogP contribution is -2.39. The molecule has 3 aromatic rings. The van der Waals surface area contributed by atoms with Crippen LogP contribution in [0.2, 0.25) is 0 Å². The van der Waals surface area contributed by atoms with Crippen LogP contribution >= 0.6 is 0 Å². The summed E-state index contributed by atoms with van der Waals surface area (Å²) >= 11 is 0. The number of carbonyl (C=O) groups excluding carboxylic acids is 2. The average Bonchev–Trinajstić information content (AvgIpc) is 2.82. The number of amides is 2. The van der Waals surface area contributed by atoms with E-state index in [-0.39, 0.29) is 25.0 Å². The Labute approximate surface area is 205 Å². The zero-order valence-electron chi connectivity index (χ0n) is 20.3. The Morgan fingerprint density at radius 3 is 2.54 bits per heavy atom. The van der Waals surface area contributed by atoms with Gasteiger partial charge in [-0.1, -0.05) is 30.3 Å². The van der Waals surface area contributed by atoms with Gasteiger partial charge in [0.1, 0.15) is 17.2 Å². The summed E-state index contributed by atoms with van der Waals surface area (Å²) in [6.45, 7) is 6.74. The molecular weight excluding hydrogens is 444 g/mol. The van der Waals surface area contributed by atoms with Crippen LogP contribution in [0.5, 0.6) is 17.2 Å². The molecule has 1 aliphatic heterocycles. The zero-order chi connectivity index (χ0) is 24.8. The normalized spacial score (nSPS) is 12.5. The number of fused-ring (bicyclic) bond motifs is 1. The maximum Gasteiger partial charge on any atom is 0.265 e. The molecule has 2 amide bonds. The van der Waals surface area contributed by atoms with E-state index in [1.54, 1.807) is 23.1 Å². The Hall–Kier alpha value is -4.00. The van der Waals surface area contributed by atoms with Crippen LogP contribution in [0.15, 0.2) is 60.7 Å². The third kappa shape index (κ3) is 6.12. The fourth-order valence-corrected chi connectivity index (χ4v) is 4.00. The van der Waals surface area contributed by atoms with E-state index in [1.807, 2.05) is 63.2 Å². The smallest absolute Gasteiger partial charge is 0.265 e. The molecule has 1 aliphatic rings. The number of nitrogens with one attached hydrogen (secondary N) is 1. The topological polar surface area (TPSA) is 77.1 Å². The summed E-state index contributed by atoms with van der Waals surface area (Å²) in [6, 6.07) is 19.0. The molecule has 1 N–H and O–H groups in total. The standard InChI is InChI=1S/C28H30N2O5/c1-19-7-4-10-23(15-19)33-14-6-13-30-24-16-22(11-12-25(24)34-18-27(30)32)29-26(31)17-35-28-20(2)8-5-9-21(28)3/h4-5,7-12,15-16H,6,13-14,17-18H2,1-3H3,(H,29,31). The van der Waals surface area contributed by atoms with Crippen LogP contribution in [0.1, 0.15) is 23.1 Å². The molecule has 0 spiro atoms. The lowest BCUT2D eigenvalue weighted by atomic mass is 10.1. The Morgan fingerprint density at radius 1 is 1.00 bits per heavy atom. The second-order valence-corrected chi connectivity index (χ2v) is 8.59. The largest absolute Gasteiger partial charge is 0.494 e. The van der Waals surface area contributed by atoms with Crippen molar-refractivity contribution in [1.29, 1.82) is 0 Å². The first-order valence-electron chi connectivity index (χ1n) is 11.7. The molecule has 0 aliphatic carbocycles. The highest BCUT2D eigenvalue weighted by Gasteiger charge is 2.25. The van der Waals surface area contributed by atoms with Gasteiger partial charge in [0.05, 0.1) is 12.3 Å². The van der Waals surface area contributed by atoms with Crippen LogP contribution < -0.4 is 24.4 Å². The Bertz CT molecular complexity index is 1200.